The Labute approximate surface area is 278 Å². The molecule has 4 aromatic rings. The Morgan fingerprint density at radius 3 is 2.75 bits per heavy atom. The smallest absolute Gasteiger partial charge is 0.319 e. The largest absolute Gasteiger partial charge is 0.463 e. The molecule has 4 fully saturated rings. The van der Waals surface area contributed by atoms with Crippen LogP contribution in [0.15, 0.2) is 24.3 Å². The molecule has 3 atom stereocenters. The van der Waals surface area contributed by atoms with Crippen LogP contribution >= 0.6 is 0 Å². The second kappa shape index (κ2) is 11.5. The molecule has 1 aliphatic carbocycles. The van der Waals surface area contributed by atoms with E-state index < -0.39 is 11.6 Å². The van der Waals surface area contributed by atoms with Crippen molar-refractivity contribution in [2.24, 2.45) is 5.41 Å². The molecular weight excluding hydrogens is 612 g/mol. The molecule has 9 nitrogen and oxygen atoms in total. The molecule has 6 heterocycles. The van der Waals surface area contributed by atoms with Gasteiger partial charge in [-0.1, -0.05) is 12.0 Å². The number of aromatic nitrogens is 3. The van der Waals surface area contributed by atoms with E-state index in [1.807, 2.05) is 0 Å². The minimum absolute atomic E-state index is 0.0290. The number of nitrogens with one attached hydrogen (secondary N) is 1. The summed E-state index contributed by atoms with van der Waals surface area (Å²) < 4.78 is 44.3. The lowest BCUT2D eigenvalue weighted by Gasteiger charge is -2.43. The Morgan fingerprint density at radius 2 is 1.94 bits per heavy atom. The summed E-state index contributed by atoms with van der Waals surface area (Å²) in [5, 5.41) is 5.44. The van der Waals surface area contributed by atoms with Crippen LogP contribution in [0.5, 0.6) is 6.01 Å². The molecule has 248 valence electrons. The molecule has 1 saturated carbocycles. The number of nitrogens with two attached hydrogens (primary N) is 1. The maximum atomic E-state index is 17.2. The fourth-order valence-electron chi connectivity index (χ4n) is 8.57. The van der Waals surface area contributed by atoms with Crippen LogP contribution in [0.2, 0.25) is 0 Å². The van der Waals surface area contributed by atoms with Crippen molar-refractivity contribution in [3.63, 3.8) is 0 Å². The predicted molar refractivity (Wildman–Crippen MR) is 181 cm³/mol. The Morgan fingerprint density at radius 1 is 1.08 bits per heavy atom. The summed E-state index contributed by atoms with van der Waals surface area (Å²) in [6, 6.07) is 7.38. The number of nitrogens with zero attached hydrogens (tertiary/aromatic N) is 5. The Hall–Kier alpha value is -4.11. The lowest BCUT2D eigenvalue weighted by atomic mass is 9.92. The number of hydrogen-bond donors (Lipinski definition) is 2. The van der Waals surface area contributed by atoms with Crippen molar-refractivity contribution < 1.29 is 18.3 Å². The van der Waals surface area contributed by atoms with E-state index in [1.54, 1.807) is 18.2 Å². The molecule has 0 radical (unpaired) electrons. The van der Waals surface area contributed by atoms with E-state index in [1.165, 1.54) is 6.07 Å². The second-order valence-corrected chi connectivity index (χ2v) is 14.3. The Balaban J connectivity index is 1.20. The summed E-state index contributed by atoms with van der Waals surface area (Å²) in [5.74, 6) is 1.99. The van der Waals surface area contributed by atoms with E-state index in [9.17, 15) is 0 Å². The third-order valence-electron chi connectivity index (χ3n) is 11.2. The van der Waals surface area contributed by atoms with Gasteiger partial charge in [-0.2, -0.15) is 9.97 Å². The van der Waals surface area contributed by atoms with Crippen LogP contribution in [-0.4, -0.2) is 84.0 Å². The van der Waals surface area contributed by atoms with Gasteiger partial charge in [-0.05, 0) is 68.5 Å². The molecule has 2 aromatic heterocycles. The first-order valence-electron chi connectivity index (χ1n) is 17.2. The van der Waals surface area contributed by atoms with Crippen LogP contribution in [-0.2, 0) is 11.2 Å². The van der Waals surface area contributed by atoms with Crippen molar-refractivity contribution in [2.75, 3.05) is 56.6 Å². The molecule has 3 N–H and O–H groups in total. The van der Waals surface area contributed by atoms with Crippen molar-refractivity contribution in [1.29, 1.82) is 0 Å². The average Bonchev–Trinajstić information content (AvgIpc) is 3.74. The summed E-state index contributed by atoms with van der Waals surface area (Å²) in [5.41, 5.74) is 8.08. The number of fused-ring (bicyclic) bond motifs is 6. The summed E-state index contributed by atoms with van der Waals surface area (Å²) in [6.07, 6.45) is 12.6. The summed E-state index contributed by atoms with van der Waals surface area (Å²) in [4.78, 5) is 19.6. The maximum absolute atomic E-state index is 17.2. The van der Waals surface area contributed by atoms with Crippen LogP contribution in [0.1, 0.15) is 49.8 Å². The molecule has 11 heteroatoms. The Bertz CT molecular complexity index is 1990. The van der Waals surface area contributed by atoms with Crippen molar-refractivity contribution in [3.05, 3.63) is 47.2 Å². The Kier molecular flexibility index (Phi) is 7.19. The van der Waals surface area contributed by atoms with Crippen LogP contribution < -0.4 is 20.7 Å². The van der Waals surface area contributed by atoms with Gasteiger partial charge in [0, 0.05) is 66.4 Å². The number of anilines is 2. The zero-order chi connectivity index (χ0) is 32.6. The highest BCUT2D eigenvalue weighted by Crippen LogP contribution is 2.47. The SMILES string of the molecule is C#Cc1c(F)ccc2cc(N)cc(-c3nc4c5c(nc(OCC6(CN7CCOCC7)CC6)nc5c3F)N3C[C@H]5CC[C@H](N5)[C@H]3CCC4)c12. The standard InChI is InChI=1S/C37H39F2N7O2/c1-2-24-26(38)8-6-21-16-22(40)17-25(30(21)24)33-32(39)34-31-28(42-33)4-3-5-29-27-9-7-23(41-27)18-46(29)35(31)44-36(43-34)48-20-37(10-11-37)19-45-12-14-47-15-13-45/h1,6,8,16-17,23,27,29,41H,3-5,7,9-15,18-20,40H2/t23-,27+,29-/m1/s1. The van der Waals surface area contributed by atoms with E-state index in [0.29, 0.717) is 64.0 Å². The zero-order valence-corrected chi connectivity index (χ0v) is 26.9. The summed E-state index contributed by atoms with van der Waals surface area (Å²) >= 11 is 0. The number of morpholine rings is 1. The van der Waals surface area contributed by atoms with Gasteiger partial charge < -0.3 is 25.4 Å². The summed E-state index contributed by atoms with van der Waals surface area (Å²) in [6.45, 7) is 5.50. The van der Waals surface area contributed by atoms with Gasteiger partial charge in [-0.25, -0.2) is 13.8 Å². The molecule has 3 saturated heterocycles. The number of aryl methyl sites for hydroxylation is 1. The van der Waals surface area contributed by atoms with Gasteiger partial charge in [0.05, 0.1) is 36.5 Å². The highest BCUT2D eigenvalue weighted by atomic mass is 19.1. The van der Waals surface area contributed by atoms with E-state index in [2.05, 4.69) is 21.0 Å². The normalized spacial score (nSPS) is 24.6. The monoisotopic (exact) mass is 651 g/mol. The predicted octanol–water partition coefficient (Wildman–Crippen LogP) is 4.82. The second-order valence-electron chi connectivity index (χ2n) is 14.3. The number of piperazine rings is 1. The molecule has 2 aromatic carbocycles. The number of terminal acetylenes is 1. The molecule has 2 bridgehead atoms. The third kappa shape index (κ3) is 5.04. The van der Waals surface area contributed by atoms with E-state index in [4.69, 9.17) is 36.6 Å². The number of hydrogen-bond acceptors (Lipinski definition) is 9. The molecule has 0 amide bonds. The number of nitrogen functional groups attached to an aromatic ring is 1. The molecule has 4 aliphatic heterocycles. The number of pyridine rings is 1. The fraction of sp³-hybridized carbons (Fsp3) is 0.486. The maximum Gasteiger partial charge on any atom is 0.319 e. The van der Waals surface area contributed by atoms with E-state index >= 15 is 8.78 Å². The minimum atomic E-state index is -0.619. The van der Waals surface area contributed by atoms with Gasteiger partial charge in [-0.15, -0.1) is 6.42 Å². The molecule has 9 rings (SSSR count). The van der Waals surface area contributed by atoms with Crippen molar-refractivity contribution in [1.82, 2.24) is 25.2 Å². The number of halogens is 2. The number of rotatable bonds is 6. The van der Waals surface area contributed by atoms with Crippen LogP contribution in [0.3, 0.4) is 0 Å². The minimum Gasteiger partial charge on any atom is -0.463 e. The van der Waals surface area contributed by atoms with Crippen LogP contribution in [0.25, 0.3) is 32.9 Å². The third-order valence-corrected chi connectivity index (χ3v) is 11.2. The van der Waals surface area contributed by atoms with Gasteiger partial charge >= 0.3 is 6.01 Å². The van der Waals surface area contributed by atoms with Gasteiger partial charge in [0.2, 0.25) is 0 Å². The fourth-order valence-corrected chi connectivity index (χ4v) is 8.57. The first-order valence-corrected chi connectivity index (χ1v) is 17.2. The summed E-state index contributed by atoms with van der Waals surface area (Å²) in [7, 11) is 0. The van der Waals surface area contributed by atoms with Gasteiger partial charge in [0.15, 0.2) is 5.82 Å². The van der Waals surface area contributed by atoms with Gasteiger partial charge in [0.1, 0.15) is 22.8 Å². The quantitative estimate of drug-likeness (QED) is 0.225. The van der Waals surface area contributed by atoms with Crippen molar-refractivity contribution in [2.45, 2.75) is 63.1 Å². The molecule has 48 heavy (non-hydrogen) atoms. The highest BCUT2D eigenvalue weighted by molar-refractivity contribution is 6.04. The number of ether oxygens (including phenoxy) is 2. The van der Waals surface area contributed by atoms with Crippen molar-refractivity contribution in [3.8, 4) is 29.6 Å². The van der Waals surface area contributed by atoms with Gasteiger partial charge in [0.25, 0.3) is 0 Å². The van der Waals surface area contributed by atoms with Crippen LogP contribution in [0.4, 0.5) is 20.3 Å². The lowest BCUT2D eigenvalue weighted by molar-refractivity contribution is 0.0231. The van der Waals surface area contributed by atoms with E-state index in [-0.39, 0.29) is 34.2 Å². The zero-order valence-electron chi connectivity index (χ0n) is 26.9. The first-order chi connectivity index (χ1) is 23.4. The number of benzene rings is 2. The van der Waals surface area contributed by atoms with Crippen molar-refractivity contribution >= 4 is 33.2 Å². The average molecular weight is 652 g/mol. The lowest BCUT2D eigenvalue weighted by Crippen LogP contribution is -2.58. The highest BCUT2D eigenvalue weighted by Gasteiger charge is 2.46. The molecule has 0 spiro atoms. The first kappa shape index (κ1) is 30.0. The van der Waals surface area contributed by atoms with Crippen LogP contribution in [0, 0.1) is 29.4 Å². The van der Waals surface area contributed by atoms with E-state index in [0.717, 1.165) is 77.9 Å². The molecule has 0 unspecified atom stereocenters. The molecular formula is C37H39F2N7O2. The molecule has 5 aliphatic rings. The topological polar surface area (TPSA) is 102 Å². The van der Waals surface area contributed by atoms with Gasteiger partial charge in [-0.3, -0.25) is 4.90 Å².